The van der Waals surface area contributed by atoms with Crippen LogP contribution in [0.3, 0.4) is 0 Å². The standard InChI is InChI=1S/C56H35NOS/c1-2-11-37(12-3-1)47-17-9-19-50-51-20-10-21-52(56(51)59-55(47)50)57(43-32-27-39(28-33-43)46-16-8-18-49-48-15-6-7-22-53(48)58-54(46)49)42-30-25-36(26-31-42)40-29-34-45-41(35-40)24-23-38-13-4-5-14-44(38)45/h1-35H. The average molecular weight is 770 g/mol. The molecule has 0 saturated heterocycles. The molecule has 59 heavy (non-hydrogen) atoms. The van der Waals surface area contributed by atoms with Crippen molar-refractivity contribution in [1.29, 1.82) is 0 Å². The summed E-state index contributed by atoms with van der Waals surface area (Å²) in [4.78, 5) is 2.42. The van der Waals surface area contributed by atoms with Crippen molar-refractivity contribution in [2.45, 2.75) is 0 Å². The predicted octanol–water partition coefficient (Wildman–Crippen LogP) is 16.7. The third kappa shape index (κ3) is 5.55. The number of hydrogen-bond acceptors (Lipinski definition) is 3. The monoisotopic (exact) mass is 769 g/mol. The molecule has 0 atom stereocenters. The quantitative estimate of drug-likeness (QED) is 0.157. The van der Waals surface area contributed by atoms with Gasteiger partial charge in [-0.15, -0.1) is 11.3 Å². The van der Waals surface area contributed by atoms with E-state index in [1.165, 1.54) is 64.0 Å². The van der Waals surface area contributed by atoms with Crippen molar-refractivity contribution >= 4 is 92.1 Å². The van der Waals surface area contributed by atoms with Gasteiger partial charge in [-0.1, -0.05) is 170 Å². The van der Waals surface area contributed by atoms with Crippen LogP contribution in [0.5, 0.6) is 0 Å². The highest BCUT2D eigenvalue weighted by molar-refractivity contribution is 7.27. The Labute approximate surface area is 345 Å². The first-order valence-corrected chi connectivity index (χ1v) is 20.9. The van der Waals surface area contributed by atoms with E-state index in [0.29, 0.717) is 0 Å². The molecule has 12 aromatic rings. The first-order valence-electron chi connectivity index (χ1n) is 20.1. The van der Waals surface area contributed by atoms with Gasteiger partial charge < -0.3 is 9.32 Å². The predicted molar refractivity (Wildman–Crippen MR) is 253 cm³/mol. The number of thiophene rings is 1. The Kier molecular flexibility index (Phi) is 7.75. The van der Waals surface area contributed by atoms with Crippen LogP contribution < -0.4 is 4.90 Å². The molecular weight excluding hydrogens is 735 g/mol. The Morgan fingerprint density at radius 1 is 0.339 bits per heavy atom. The lowest BCUT2D eigenvalue weighted by Gasteiger charge is -2.26. The smallest absolute Gasteiger partial charge is 0.143 e. The van der Waals surface area contributed by atoms with E-state index >= 15 is 0 Å². The molecule has 0 aliphatic rings. The maximum absolute atomic E-state index is 6.45. The number of rotatable bonds is 6. The SMILES string of the molecule is c1ccc(-c2cccc3c2sc2c(N(c4ccc(-c5ccc6c(ccc7ccccc76)c5)cc4)c4ccc(-c5cccc6c5oc5ccccc56)cc4)cccc23)cc1. The second-order valence-electron chi connectivity index (χ2n) is 15.2. The Morgan fingerprint density at radius 2 is 0.915 bits per heavy atom. The van der Waals surface area contributed by atoms with E-state index in [1.807, 2.05) is 23.5 Å². The van der Waals surface area contributed by atoms with Gasteiger partial charge in [0.25, 0.3) is 0 Å². The molecule has 0 unspecified atom stereocenters. The Hall–Kier alpha value is -7.46. The van der Waals surface area contributed by atoms with Gasteiger partial charge in [0, 0.05) is 43.2 Å². The van der Waals surface area contributed by atoms with E-state index in [4.69, 9.17) is 4.42 Å². The van der Waals surface area contributed by atoms with Gasteiger partial charge in [-0.05, 0) is 91.8 Å². The zero-order chi connectivity index (χ0) is 38.9. The molecule has 2 heterocycles. The van der Waals surface area contributed by atoms with Crippen LogP contribution in [0, 0.1) is 0 Å². The lowest BCUT2D eigenvalue weighted by Crippen LogP contribution is -2.10. The van der Waals surface area contributed by atoms with Crippen LogP contribution in [-0.4, -0.2) is 0 Å². The van der Waals surface area contributed by atoms with Crippen LogP contribution in [0.2, 0.25) is 0 Å². The number of anilines is 3. The van der Waals surface area contributed by atoms with Gasteiger partial charge >= 0.3 is 0 Å². The van der Waals surface area contributed by atoms with Crippen molar-refractivity contribution < 1.29 is 4.42 Å². The Morgan fingerprint density at radius 3 is 1.73 bits per heavy atom. The van der Waals surface area contributed by atoms with E-state index in [-0.39, 0.29) is 0 Å². The molecule has 2 aromatic heterocycles. The summed E-state index contributed by atoms with van der Waals surface area (Å²) < 4.78 is 9.01. The first-order chi connectivity index (χ1) is 29.2. The second kappa shape index (κ2) is 13.6. The zero-order valence-corrected chi connectivity index (χ0v) is 32.8. The van der Waals surface area contributed by atoms with Crippen LogP contribution in [0.25, 0.3) is 97.0 Å². The zero-order valence-electron chi connectivity index (χ0n) is 32.0. The number of hydrogen-bond donors (Lipinski definition) is 0. The summed E-state index contributed by atoms with van der Waals surface area (Å²) in [6, 6.07) is 76.9. The highest BCUT2D eigenvalue weighted by atomic mass is 32.1. The summed E-state index contributed by atoms with van der Waals surface area (Å²) in [6.45, 7) is 0. The molecule has 0 amide bonds. The van der Waals surface area contributed by atoms with Gasteiger partial charge in [0.1, 0.15) is 11.2 Å². The molecule has 2 nitrogen and oxygen atoms in total. The molecule has 0 aliphatic carbocycles. The fourth-order valence-electron chi connectivity index (χ4n) is 9.01. The summed E-state index contributed by atoms with van der Waals surface area (Å²) in [6.07, 6.45) is 0. The van der Waals surface area contributed by atoms with E-state index in [2.05, 4.69) is 205 Å². The molecule has 3 heteroatoms. The van der Waals surface area contributed by atoms with Crippen molar-refractivity contribution in [3.8, 4) is 33.4 Å². The van der Waals surface area contributed by atoms with Gasteiger partial charge in [-0.3, -0.25) is 0 Å². The van der Waals surface area contributed by atoms with E-state index in [9.17, 15) is 0 Å². The molecule has 0 bridgehead atoms. The molecule has 0 N–H and O–H groups in total. The van der Waals surface area contributed by atoms with Crippen molar-refractivity contribution in [3.63, 3.8) is 0 Å². The third-order valence-electron chi connectivity index (χ3n) is 11.9. The van der Waals surface area contributed by atoms with Crippen molar-refractivity contribution in [1.82, 2.24) is 0 Å². The lowest BCUT2D eigenvalue weighted by atomic mass is 9.97. The molecular formula is C56H35NOS. The second-order valence-corrected chi connectivity index (χ2v) is 16.3. The van der Waals surface area contributed by atoms with Gasteiger partial charge in [0.05, 0.1) is 10.4 Å². The molecule has 10 aromatic carbocycles. The highest BCUT2D eigenvalue weighted by Gasteiger charge is 2.20. The Bertz CT molecular complexity index is 3540. The van der Waals surface area contributed by atoms with Crippen molar-refractivity contribution in [2.24, 2.45) is 0 Å². The number of fused-ring (bicyclic) bond motifs is 9. The highest BCUT2D eigenvalue weighted by Crippen LogP contribution is 2.48. The largest absolute Gasteiger partial charge is 0.455 e. The fraction of sp³-hybridized carbons (Fsp3) is 0. The Balaban J connectivity index is 1.00. The van der Waals surface area contributed by atoms with Crippen molar-refractivity contribution in [2.75, 3.05) is 4.90 Å². The molecule has 276 valence electrons. The summed E-state index contributed by atoms with van der Waals surface area (Å²) in [5, 5.41) is 9.89. The van der Waals surface area contributed by atoms with Crippen LogP contribution >= 0.6 is 11.3 Å². The van der Waals surface area contributed by atoms with Crippen LogP contribution in [0.1, 0.15) is 0 Å². The minimum Gasteiger partial charge on any atom is -0.455 e. The average Bonchev–Trinajstić information content (AvgIpc) is 3.89. The topological polar surface area (TPSA) is 16.4 Å². The number of benzene rings is 10. The summed E-state index contributed by atoms with van der Waals surface area (Å²) >= 11 is 1.88. The number of nitrogens with zero attached hydrogens (tertiary/aromatic N) is 1. The summed E-state index contributed by atoms with van der Waals surface area (Å²) in [5.74, 6) is 0. The van der Waals surface area contributed by atoms with Gasteiger partial charge in [-0.2, -0.15) is 0 Å². The fourth-order valence-corrected chi connectivity index (χ4v) is 10.4. The van der Waals surface area contributed by atoms with Gasteiger partial charge in [-0.25, -0.2) is 0 Å². The number of furan rings is 1. The van der Waals surface area contributed by atoms with E-state index in [1.54, 1.807) is 0 Å². The lowest BCUT2D eigenvalue weighted by molar-refractivity contribution is 0.670. The number of para-hydroxylation sites is 2. The minimum atomic E-state index is 0.908. The van der Waals surface area contributed by atoms with Gasteiger partial charge in [0.2, 0.25) is 0 Å². The van der Waals surface area contributed by atoms with Gasteiger partial charge in [0.15, 0.2) is 0 Å². The molecule has 0 fully saturated rings. The van der Waals surface area contributed by atoms with E-state index < -0.39 is 0 Å². The molecule has 0 radical (unpaired) electrons. The normalized spacial score (nSPS) is 11.7. The molecule has 0 saturated carbocycles. The maximum atomic E-state index is 6.45. The minimum absolute atomic E-state index is 0.908. The third-order valence-corrected chi connectivity index (χ3v) is 13.2. The maximum Gasteiger partial charge on any atom is 0.143 e. The van der Waals surface area contributed by atoms with Crippen LogP contribution in [0.15, 0.2) is 217 Å². The molecule has 0 aliphatic heterocycles. The van der Waals surface area contributed by atoms with E-state index in [0.717, 1.165) is 50.1 Å². The first kappa shape index (κ1) is 33.7. The molecule has 0 spiro atoms. The van der Waals surface area contributed by atoms with Crippen molar-refractivity contribution in [3.05, 3.63) is 212 Å². The van der Waals surface area contributed by atoms with Crippen LogP contribution in [-0.2, 0) is 0 Å². The summed E-state index contributed by atoms with van der Waals surface area (Å²) in [7, 11) is 0. The van der Waals surface area contributed by atoms with Crippen LogP contribution in [0.4, 0.5) is 17.1 Å². The molecule has 12 rings (SSSR count). The summed E-state index contributed by atoms with van der Waals surface area (Å²) in [5.41, 5.74) is 12.3.